The van der Waals surface area contributed by atoms with Crippen LogP contribution in [0, 0.1) is 0 Å². The van der Waals surface area contributed by atoms with Gasteiger partial charge < -0.3 is 20.0 Å². The Kier molecular flexibility index (Phi) is 5.91. The fraction of sp³-hybridized carbons (Fsp3) is 0.0417. The monoisotopic (exact) mass is 447 g/mol. The van der Waals surface area contributed by atoms with Crippen molar-refractivity contribution in [2.45, 2.75) is 6.61 Å². The molecule has 1 N–H and O–H groups in total. The molecular weight excluding hydrogens is 432 g/mol. The molecule has 0 unspecified atom stereocenters. The molecule has 3 aromatic rings. The summed E-state index contributed by atoms with van der Waals surface area (Å²) in [6.07, 6.45) is 1.53. The summed E-state index contributed by atoms with van der Waals surface area (Å²) in [6.45, 7) is 0.113. The van der Waals surface area contributed by atoms with E-state index in [-0.39, 0.29) is 17.9 Å². The van der Waals surface area contributed by atoms with E-state index in [0.717, 1.165) is 4.90 Å². The van der Waals surface area contributed by atoms with Gasteiger partial charge in [-0.25, -0.2) is 9.69 Å². The summed E-state index contributed by atoms with van der Waals surface area (Å²) in [5.41, 5.74) is 1.91. The topological polar surface area (TPSA) is 98.8 Å². The average molecular weight is 448 g/mol. The van der Waals surface area contributed by atoms with Gasteiger partial charge in [-0.3, -0.25) is 4.79 Å². The van der Waals surface area contributed by atoms with E-state index in [0.29, 0.717) is 27.6 Å². The Bertz CT molecular complexity index is 1240. The Morgan fingerprint density at radius 2 is 1.81 bits per heavy atom. The number of hydrogen-bond acceptors (Lipinski definition) is 5. The van der Waals surface area contributed by atoms with Crippen molar-refractivity contribution >= 4 is 41.3 Å². The highest BCUT2D eigenvalue weighted by Gasteiger charge is 2.34. The molecule has 3 amide bonds. The standard InChI is InChI=1S/C24H17ClN2O5/c25-19-12-15(9-10-21(19)32-14-16-5-4-6-17(11-16)23(29)30)13-20-22(28)27(24(31)26-20)18-7-2-1-3-8-18/h1-13H,14H2,(H,26,31)(H,29,30)/p-1/b20-13-. The summed E-state index contributed by atoms with van der Waals surface area (Å²) >= 11 is 6.31. The summed E-state index contributed by atoms with van der Waals surface area (Å²) in [4.78, 5) is 37.0. The molecule has 1 saturated heterocycles. The van der Waals surface area contributed by atoms with Crippen LogP contribution in [0.25, 0.3) is 6.08 Å². The van der Waals surface area contributed by atoms with Crippen LogP contribution >= 0.6 is 11.6 Å². The van der Waals surface area contributed by atoms with Gasteiger partial charge in [-0.15, -0.1) is 0 Å². The number of carbonyl (C=O) groups is 3. The predicted octanol–water partition coefficient (Wildman–Crippen LogP) is 3.38. The highest BCUT2D eigenvalue weighted by molar-refractivity contribution is 6.32. The Labute approximate surface area is 188 Å². The third kappa shape index (κ3) is 4.48. The molecule has 1 aliphatic heterocycles. The maximum absolute atomic E-state index is 12.7. The van der Waals surface area contributed by atoms with E-state index in [9.17, 15) is 19.5 Å². The lowest BCUT2D eigenvalue weighted by Crippen LogP contribution is -2.30. The smallest absolute Gasteiger partial charge is 0.333 e. The van der Waals surface area contributed by atoms with Gasteiger partial charge in [0.15, 0.2) is 0 Å². The van der Waals surface area contributed by atoms with Gasteiger partial charge >= 0.3 is 6.03 Å². The zero-order chi connectivity index (χ0) is 22.7. The Morgan fingerprint density at radius 1 is 1.03 bits per heavy atom. The van der Waals surface area contributed by atoms with E-state index in [1.54, 1.807) is 60.7 Å². The van der Waals surface area contributed by atoms with E-state index in [2.05, 4.69) is 5.32 Å². The summed E-state index contributed by atoms with van der Waals surface area (Å²) in [5, 5.41) is 13.8. The number of hydrogen-bond donors (Lipinski definition) is 1. The first-order valence-electron chi connectivity index (χ1n) is 9.57. The van der Waals surface area contributed by atoms with Gasteiger partial charge in [0.2, 0.25) is 0 Å². The number of carboxylic acids is 1. The van der Waals surface area contributed by atoms with Crippen molar-refractivity contribution in [2.75, 3.05) is 4.90 Å². The van der Waals surface area contributed by atoms with Crippen LogP contribution in [0.5, 0.6) is 5.75 Å². The molecule has 0 radical (unpaired) electrons. The molecule has 32 heavy (non-hydrogen) atoms. The molecule has 0 bridgehead atoms. The maximum Gasteiger partial charge on any atom is 0.333 e. The van der Waals surface area contributed by atoms with Crippen molar-refractivity contribution in [1.82, 2.24) is 5.32 Å². The third-order valence-electron chi connectivity index (χ3n) is 4.72. The number of halogens is 1. The first-order valence-corrected chi connectivity index (χ1v) is 9.95. The van der Waals surface area contributed by atoms with E-state index in [1.807, 2.05) is 0 Å². The van der Waals surface area contributed by atoms with Crippen molar-refractivity contribution in [3.05, 3.63) is 100 Å². The normalized spacial score (nSPS) is 14.5. The molecule has 0 saturated carbocycles. The second-order valence-electron chi connectivity index (χ2n) is 6.93. The number of rotatable bonds is 6. The van der Waals surface area contributed by atoms with E-state index < -0.39 is 17.9 Å². The number of benzene rings is 3. The van der Waals surface area contributed by atoms with Gasteiger partial charge in [-0.2, -0.15) is 0 Å². The number of imide groups is 1. The minimum atomic E-state index is -1.26. The van der Waals surface area contributed by atoms with Gasteiger partial charge in [0.05, 0.1) is 16.7 Å². The van der Waals surface area contributed by atoms with Crippen molar-refractivity contribution in [2.24, 2.45) is 0 Å². The molecule has 8 heteroatoms. The molecular formula is C24H16ClN2O5-. The third-order valence-corrected chi connectivity index (χ3v) is 5.01. The van der Waals surface area contributed by atoms with Crippen LogP contribution < -0.4 is 20.1 Å². The molecule has 3 aromatic carbocycles. The molecule has 1 heterocycles. The zero-order valence-electron chi connectivity index (χ0n) is 16.6. The van der Waals surface area contributed by atoms with Gasteiger partial charge in [0.25, 0.3) is 5.91 Å². The molecule has 1 aliphatic rings. The highest BCUT2D eigenvalue weighted by Crippen LogP contribution is 2.28. The molecule has 0 aliphatic carbocycles. The van der Waals surface area contributed by atoms with Crippen LogP contribution in [0.4, 0.5) is 10.5 Å². The quantitative estimate of drug-likeness (QED) is 0.461. The number of aromatic carboxylic acids is 1. The summed E-state index contributed by atoms with van der Waals surface area (Å²) < 4.78 is 5.68. The lowest BCUT2D eigenvalue weighted by molar-refractivity contribution is -0.255. The second kappa shape index (κ2) is 8.95. The number of amides is 3. The molecule has 1 fully saturated rings. The summed E-state index contributed by atoms with van der Waals surface area (Å²) in [5.74, 6) is -1.34. The Hall–Kier alpha value is -4.10. The molecule has 160 valence electrons. The second-order valence-corrected chi connectivity index (χ2v) is 7.34. The number of ether oxygens (including phenoxy) is 1. The van der Waals surface area contributed by atoms with Crippen LogP contribution in [0.2, 0.25) is 5.02 Å². The number of urea groups is 1. The highest BCUT2D eigenvalue weighted by atomic mass is 35.5. The SMILES string of the molecule is O=C([O-])c1cccc(COc2ccc(/C=C3\NC(=O)N(c4ccccc4)C3=O)cc2Cl)c1. The Balaban J connectivity index is 1.48. The number of nitrogens with one attached hydrogen (secondary N) is 1. The number of nitrogens with zero attached hydrogens (tertiary/aromatic N) is 1. The first kappa shape index (κ1) is 21.1. The van der Waals surface area contributed by atoms with Crippen molar-refractivity contribution in [1.29, 1.82) is 0 Å². The number of carboxylic acid groups (broad SMARTS) is 1. The van der Waals surface area contributed by atoms with Crippen LogP contribution in [0.1, 0.15) is 21.5 Å². The molecule has 0 atom stereocenters. The van der Waals surface area contributed by atoms with Gasteiger partial charge in [0, 0.05) is 0 Å². The van der Waals surface area contributed by atoms with Gasteiger partial charge in [-0.1, -0.05) is 54.1 Å². The van der Waals surface area contributed by atoms with Crippen LogP contribution in [0.15, 0.2) is 78.5 Å². The average Bonchev–Trinajstić information content (AvgIpc) is 3.06. The number of anilines is 1. The van der Waals surface area contributed by atoms with E-state index in [4.69, 9.17) is 16.3 Å². The van der Waals surface area contributed by atoms with E-state index >= 15 is 0 Å². The number of carbonyl (C=O) groups excluding carboxylic acids is 3. The minimum Gasteiger partial charge on any atom is -0.545 e. The largest absolute Gasteiger partial charge is 0.545 e. The van der Waals surface area contributed by atoms with E-state index in [1.165, 1.54) is 18.2 Å². The fourth-order valence-corrected chi connectivity index (χ4v) is 3.43. The predicted molar refractivity (Wildman–Crippen MR) is 117 cm³/mol. The molecule has 7 nitrogen and oxygen atoms in total. The van der Waals surface area contributed by atoms with Gasteiger partial charge in [0.1, 0.15) is 18.1 Å². The molecule has 4 rings (SSSR count). The first-order chi connectivity index (χ1) is 15.4. The van der Waals surface area contributed by atoms with Crippen LogP contribution in [-0.4, -0.2) is 17.9 Å². The van der Waals surface area contributed by atoms with Crippen molar-refractivity contribution in [3.63, 3.8) is 0 Å². The minimum absolute atomic E-state index is 0.0620. The van der Waals surface area contributed by atoms with Crippen molar-refractivity contribution < 1.29 is 24.2 Å². The Morgan fingerprint density at radius 3 is 2.53 bits per heavy atom. The zero-order valence-corrected chi connectivity index (χ0v) is 17.3. The lowest BCUT2D eigenvalue weighted by atomic mass is 10.1. The van der Waals surface area contributed by atoms with Gasteiger partial charge in [-0.05, 0) is 53.1 Å². The molecule has 0 aromatic heterocycles. The van der Waals surface area contributed by atoms with Crippen LogP contribution in [0.3, 0.4) is 0 Å². The van der Waals surface area contributed by atoms with Crippen molar-refractivity contribution in [3.8, 4) is 5.75 Å². The molecule has 0 spiro atoms. The summed E-state index contributed by atoms with van der Waals surface area (Å²) in [6, 6.07) is 19.3. The summed E-state index contributed by atoms with van der Waals surface area (Å²) in [7, 11) is 0. The maximum atomic E-state index is 12.7. The fourth-order valence-electron chi connectivity index (χ4n) is 3.19. The number of para-hydroxylation sites is 1. The van der Waals surface area contributed by atoms with Crippen LogP contribution in [-0.2, 0) is 11.4 Å². The lowest BCUT2D eigenvalue weighted by Gasteiger charge is -2.11.